The summed E-state index contributed by atoms with van der Waals surface area (Å²) in [5.41, 5.74) is 2.33. The molecule has 3 rings (SSSR count). The molecule has 6 nitrogen and oxygen atoms in total. The van der Waals surface area contributed by atoms with Gasteiger partial charge in [0.1, 0.15) is 11.5 Å². The van der Waals surface area contributed by atoms with Crippen molar-refractivity contribution in [2.45, 2.75) is 13.0 Å². The van der Waals surface area contributed by atoms with Crippen molar-refractivity contribution in [2.24, 2.45) is 10.9 Å². The number of ether oxygens (including phenoxy) is 2. The largest absolute Gasteiger partial charge is 0.497 e. The van der Waals surface area contributed by atoms with Crippen LogP contribution in [0.1, 0.15) is 12.0 Å². The number of hydrogen-bond acceptors (Lipinski definition) is 4. The molecule has 1 heterocycles. The topological polar surface area (TPSA) is 58.1 Å². The van der Waals surface area contributed by atoms with E-state index >= 15 is 0 Å². The summed E-state index contributed by atoms with van der Waals surface area (Å²) in [6, 6.07) is 16.3. The first-order valence-electron chi connectivity index (χ1n) is 9.69. The maximum atomic E-state index is 5.50. The van der Waals surface area contributed by atoms with Crippen LogP contribution >= 0.6 is 0 Å². The Balaban J connectivity index is 1.48. The van der Waals surface area contributed by atoms with E-state index in [4.69, 9.17) is 9.47 Å². The Kier molecular flexibility index (Phi) is 7.00. The van der Waals surface area contributed by atoms with E-state index in [1.807, 2.05) is 30.3 Å². The van der Waals surface area contributed by atoms with Crippen LogP contribution in [0.25, 0.3) is 0 Å². The van der Waals surface area contributed by atoms with Crippen LogP contribution in [-0.4, -0.2) is 46.9 Å². The molecular formula is C22H30N4O2. The zero-order valence-electron chi connectivity index (χ0n) is 16.9. The minimum absolute atomic E-state index is 0.570. The zero-order valence-corrected chi connectivity index (χ0v) is 16.9. The Morgan fingerprint density at radius 3 is 2.75 bits per heavy atom. The molecule has 6 heteroatoms. The van der Waals surface area contributed by atoms with Crippen molar-refractivity contribution in [3.63, 3.8) is 0 Å². The average Bonchev–Trinajstić information content (AvgIpc) is 3.22. The highest BCUT2D eigenvalue weighted by atomic mass is 16.5. The molecule has 0 aliphatic carbocycles. The van der Waals surface area contributed by atoms with Gasteiger partial charge in [-0.15, -0.1) is 0 Å². The third kappa shape index (κ3) is 5.09. The second kappa shape index (κ2) is 9.88. The minimum Gasteiger partial charge on any atom is -0.497 e. The third-order valence-corrected chi connectivity index (χ3v) is 5.09. The normalized spacial score (nSPS) is 16.8. The fourth-order valence-corrected chi connectivity index (χ4v) is 3.54. The van der Waals surface area contributed by atoms with Gasteiger partial charge in [-0.25, -0.2) is 0 Å². The van der Waals surface area contributed by atoms with Crippen molar-refractivity contribution in [1.82, 2.24) is 10.6 Å². The molecule has 1 fully saturated rings. The van der Waals surface area contributed by atoms with Crippen LogP contribution in [0.15, 0.2) is 53.5 Å². The molecule has 1 atom stereocenters. The Hall–Kier alpha value is -2.89. The fraction of sp³-hybridized carbons (Fsp3) is 0.409. The Labute approximate surface area is 167 Å². The number of methoxy groups -OCH3 is 2. The first kappa shape index (κ1) is 19.9. The number of benzene rings is 2. The predicted octanol–water partition coefficient (Wildman–Crippen LogP) is 2.90. The molecule has 1 unspecified atom stereocenters. The molecule has 1 aliphatic rings. The van der Waals surface area contributed by atoms with E-state index in [0.29, 0.717) is 12.5 Å². The van der Waals surface area contributed by atoms with Crippen molar-refractivity contribution >= 4 is 11.6 Å². The van der Waals surface area contributed by atoms with Gasteiger partial charge in [-0.05, 0) is 42.2 Å². The monoisotopic (exact) mass is 382 g/mol. The number of hydrogen-bond donors (Lipinski definition) is 2. The van der Waals surface area contributed by atoms with Gasteiger partial charge in [0.2, 0.25) is 0 Å². The highest BCUT2D eigenvalue weighted by Gasteiger charge is 2.24. The van der Waals surface area contributed by atoms with Crippen LogP contribution in [0.3, 0.4) is 0 Å². The van der Waals surface area contributed by atoms with E-state index in [1.54, 1.807) is 21.3 Å². The highest BCUT2D eigenvalue weighted by molar-refractivity contribution is 5.79. The average molecular weight is 383 g/mol. The fourth-order valence-electron chi connectivity index (χ4n) is 3.54. The van der Waals surface area contributed by atoms with Gasteiger partial charge in [-0.1, -0.05) is 24.3 Å². The van der Waals surface area contributed by atoms with Gasteiger partial charge in [0.25, 0.3) is 0 Å². The van der Waals surface area contributed by atoms with E-state index in [-0.39, 0.29) is 0 Å². The second-order valence-electron chi connectivity index (χ2n) is 6.93. The van der Waals surface area contributed by atoms with E-state index in [2.05, 4.69) is 38.7 Å². The summed E-state index contributed by atoms with van der Waals surface area (Å²) in [6.45, 7) is 3.65. The summed E-state index contributed by atoms with van der Waals surface area (Å²) in [7, 11) is 5.21. The molecule has 0 spiro atoms. The summed E-state index contributed by atoms with van der Waals surface area (Å²) in [5, 5.41) is 6.83. The van der Waals surface area contributed by atoms with Gasteiger partial charge in [-0.2, -0.15) is 0 Å². The number of guanidine groups is 1. The summed E-state index contributed by atoms with van der Waals surface area (Å²) in [5.74, 6) is 3.19. The molecule has 0 bridgehead atoms. The van der Waals surface area contributed by atoms with Crippen molar-refractivity contribution < 1.29 is 9.47 Å². The lowest BCUT2D eigenvalue weighted by atomic mass is 10.1. The molecule has 1 aliphatic heterocycles. The summed E-state index contributed by atoms with van der Waals surface area (Å²) in [6.07, 6.45) is 1.15. The zero-order chi connectivity index (χ0) is 19.8. The van der Waals surface area contributed by atoms with Gasteiger partial charge < -0.3 is 25.0 Å². The SMILES string of the molecule is CN=C(NCc1cccc(OC)c1)NCC1CCN(c2ccccc2OC)C1. The van der Waals surface area contributed by atoms with E-state index in [0.717, 1.165) is 49.1 Å². The van der Waals surface area contributed by atoms with Crippen molar-refractivity contribution in [1.29, 1.82) is 0 Å². The first-order valence-corrected chi connectivity index (χ1v) is 9.69. The number of nitrogens with zero attached hydrogens (tertiary/aromatic N) is 2. The molecule has 2 N–H and O–H groups in total. The van der Waals surface area contributed by atoms with Crippen molar-refractivity contribution in [2.75, 3.05) is 45.8 Å². The molecule has 0 saturated carbocycles. The maximum Gasteiger partial charge on any atom is 0.191 e. The smallest absolute Gasteiger partial charge is 0.191 e. The molecule has 2 aromatic carbocycles. The van der Waals surface area contributed by atoms with Crippen LogP contribution < -0.4 is 25.0 Å². The van der Waals surface area contributed by atoms with Crippen LogP contribution in [0.4, 0.5) is 5.69 Å². The van der Waals surface area contributed by atoms with Crippen molar-refractivity contribution in [3.8, 4) is 11.5 Å². The molecule has 0 aromatic heterocycles. The van der Waals surface area contributed by atoms with Crippen LogP contribution in [0, 0.1) is 5.92 Å². The number of nitrogens with one attached hydrogen (secondary N) is 2. The Morgan fingerprint density at radius 2 is 1.96 bits per heavy atom. The Bertz CT molecular complexity index is 794. The standard InChI is InChI=1S/C22H30N4O2/c1-23-22(24-14-17-7-6-8-19(13-17)27-2)25-15-18-11-12-26(16-18)20-9-4-5-10-21(20)28-3/h4-10,13,18H,11-12,14-16H2,1-3H3,(H2,23,24,25). The molecule has 0 amide bonds. The number of rotatable bonds is 7. The van der Waals surface area contributed by atoms with Crippen LogP contribution in [0.2, 0.25) is 0 Å². The maximum absolute atomic E-state index is 5.50. The van der Waals surface area contributed by atoms with E-state index in [1.165, 1.54) is 5.69 Å². The number of para-hydroxylation sites is 2. The number of aliphatic imine (C=N–C) groups is 1. The molecule has 0 radical (unpaired) electrons. The van der Waals surface area contributed by atoms with Crippen molar-refractivity contribution in [3.05, 3.63) is 54.1 Å². The highest BCUT2D eigenvalue weighted by Crippen LogP contribution is 2.31. The summed E-state index contributed by atoms with van der Waals surface area (Å²) < 4.78 is 10.8. The number of anilines is 1. The lowest BCUT2D eigenvalue weighted by molar-refractivity contribution is 0.414. The Morgan fingerprint density at radius 1 is 1.11 bits per heavy atom. The van der Waals surface area contributed by atoms with Gasteiger partial charge in [0, 0.05) is 33.2 Å². The predicted molar refractivity (Wildman–Crippen MR) is 115 cm³/mol. The van der Waals surface area contributed by atoms with Gasteiger partial charge in [-0.3, -0.25) is 4.99 Å². The summed E-state index contributed by atoms with van der Waals surface area (Å²) >= 11 is 0. The lowest BCUT2D eigenvalue weighted by Crippen LogP contribution is -2.39. The van der Waals surface area contributed by atoms with Crippen LogP contribution in [-0.2, 0) is 6.54 Å². The summed E-state index contributed by atoms with van der Waals surface area (Å²) in [4.78, 5) is 6.74. The third-order valence-electron chi connectivity index (χ3n) is 5.09. The molecule has 1 saturated heterocycles. The molecule has 28 heavy (non-hydrogen) atoms. The van der Waals surface area contributed by atoms with Gasteiger partial charge >= 0.3 is 0 Å². The van der Waals surface area contributed by atoms with E-state index < -0.39 is 0 Å². The molecule has 150 valence electrons. The minimum atomic E-state index is 0.570. The van der Waals surface area contributed by atoms with E-state index in [9.17, 15) is 0 Å². The molecule has 2 aromatic rings. The molecular weight excluding hydrogens is 352 g/mol. The lowest BCUT2D eigenvalue weighted by Gasteiger charge is -2.21. The first-order chi connectivity index (χ1) is 13.7. The quantitative estimate of drug-likeness (QED) is 0.570. The van der Waals surface area contributed by atoms with Crippen LogP contribution in [0.5, 0.6) is 11.5 Å². The van der Waals surface area contributed by atoms with Gasteiger partial charge in [0.05, 0.1) is 19.9 Å². The van der Waals surface area contributed by atoms with Gasteiger partial charge in [0.15, 0.2) is 5.96 Å². The second-order valence-corrected chi connectivity index (χ2v) is 6.93.